The summed E-state index contributed by atoms with van der Waals surface area (Å²) in [6.45, 7) is 0.674. The Morgan fingerprint density at radius 1 is 1.07 bits per heavy atom. The minimum absolute atomic E-state index is 0.0109. The normalized spacial score (nSPS) is 14.4. The third-order valence-electron chi connectivity index (χ3n) is 1.99. The Balaban J connectivity index is 4.19. The van der Waals surface area contributed by atoms with Crippen molar-refractivity contribution in [3.8, 4) is 0 Å². The largest absolute Gasteiger partial charge is 0.395 e. The van der Waals surface area contributed by atoms with Crippen LogP contribution in [0, 0.1) is 0 Å². The van der Waals surface area contributed by atoms with Gasteiger partial charge in [-0.05, 0) is 7.05 Å². The van der Waals surface area contributed by atoms with E-state index in [1.807, 2.05) is 0 Å². The molecule has 0 rings (SSSR count). The van der Waals surface area contributed by atoms with Crippen LogP contribution in [0.2, 0.25) is 0 Å². The number of rotatable bonds is 7. The van der Waals surface area contributed by atoms with E-state index >= 15 is 0 Å². The molecule has 7 nitrogen and oxygen atoms in total. The van der Waals surface area contributed by atoms with Gasteiger partial charge in [-0.3, -0.25) is 4.90 Å². The smallest absolute Gasteiger partial charge is 0.116 e. The molecular weight excluding hydrogens is 186 g/mol. The Bertz CT molecular complexity index is 146. The van der Waals surface area contributed by atoms with Crippen molar-refractivity contribution in [2.24, 2.45) is 17.2 Å². The number of aliphatic hydroxyl groups is 2. The van der Waals surface area contributed by atoms with Crippen LogP contribution in [0.1, 0.15) is 0 Å². The second-order valence-corrected chi connectivity index (χ2v) is 3.07. The molecule has 0 fully saturated rings. The summed E-state index contributed by atoms with van der Waals surface area (Å²) in [6, 6.07) is 0. The molecule has 0 aromatic heterocycles. The number of likely N-dealkylation sites (N-methyl/N-ethyl adjacent to an activating group) is 1. The molecule has 8 N–H and O–H groups in total. The third kappa shape index (κ3) is 4.29. The number of hydrogen-bond donors (Lipinski definition) is 5. The van der Waals surface area contributed by atoms with Gasteiger partial charge in [0.05, 0.1) is 13.2 Å². The summed E-state index contributed by atoms with van der Waals surface area (Å²) in [5, 5.41) is 17.5. The highest BCUT2D eigenvalue weighted by atomic mass is 16.3. The molecule has 0 amide bonds. The zero-order valence-corrected chi connectivity index (χ0v) is 8.50. The maximum absolute atomic E-state index is 8.77. The number of hydrogen-bond acceptors (Lipinski definition) is 7. The summed E-state index contributed by atoms with van der Waals surface area (Å²) in [5.41, 5.74) is 16.8. The first kappa shape index (κ1) is 13.7. The fraction of sp³-hybridized carbons (Fsp3) is 1.00. The minimum atomic E-state index is -0.724. The molecule has 0 saturated carbocycles. The molecule has 14 heavy (non-hydrogen) atoms. The van der Waals surface area contributed by atoms with Crippen LogP contribution in [0.25, 0.3) is 0 Å². The van der Waals surface area contributed by atoms with Crippen LogP contribution in [0.3, 0.4) is 0 Å². The Kier molecular flexibility index (Phi) is 6.93. The maximum atomic E-state index is 8.77. The molecule has 0 heterocycles. The van der Waals surface area contributed by atoms with Gasteiger partial charge in [0.25, 0.3) is 0 Å². The van der Waals surface area contributed by atoms with Crippen molar-refractivity contribution < 1.29 is 10.2 Å². The van der Waals surface area contributed by atoms with Gasteiger partial charge >= 0.3 is 0 Å². The molecule has 0 radical (unpaired) electrons. The van der Waals surface area contributed by atoms with Crippen molar-refractivity contribution in [1.29, 1.82) is 0 Å². The summed E-state index contributed by atoms with van der Waals surface area (Å²) in [7, 11) is 1.74. The molecule has 1 atom stereocenters. The molecule has 0 spiro atoms. The molecule has 0 saturated heterocycles. The monoisotopic (exact) mass is 207 g/mol. The molecule has 0 aliphatic rings. The van der Waals surface area contributed by atoms with E-state index in [9.17, 15) is 0 Å². The van der Waals surface area contributed by atoms with E-state index in [0.717, 1.165) is 0 Å². The van der Waals surface area contributed by atoms with Gasteiger partial charge in [-0.1, -0.05) is 0 Å². The van der Waals surface area contributed by atoms with Crippen molar-refractivity contribution in [2.45, 2.75) is 12.6 Å². The molecule has 1 unspecified atom stereocenters. The van der Waals surface area contributed by atoms with Gasteiger partial charge in [0, 0.05) is 13.1 Å². The zero-order valence-electron chi connectivity index (χ0n) is 8.50. The highest BCUT2D eigenvalue weighted by molar-refractivity contribution is 4.67. The lowest BCUT2D eigenvalue weighted by Gasteiger charge is -2.36. The summed E-state index contributed by atoms with van der Waals surface area (Å²) in [5.74, 6) is 0. The number of aliphatic hydroxyl groups excluding tert-OH is 2. The van der Waals surface area contributed by atoms with Crippen molar-refractivity contribution in [3.63, 3.8) is 0 Å². The molecular formula is C7H21N5O2. The van der Waals surface area contributed by atoms with Gasteiger partial charge in [-0.25, -0.2) is 4.90 Å². The van der Waals surface area contributed by atoms with E-state index in [-0.39, 0.29) is 13.2 Å². The van der Waals surface area contributed by atoms with Crippen LogP contribution in [0.4, 0.5) is 0 Å². The average molecular weight is 207 g/mol. The summed E-state index contributed by atoms with van der Waals surface area (Å²) in [6.07, 6.45) is -1.23. The predicted molar refractivity (Wildman–Crippen MR) is 53.6 cm³/mol. The minimum Gasteiger partial charge on any atom is -0.395 e. The standard InChI is InChI=1S/C7H21N5O2/c1-11(2-4-13)7(10)12(3-5-14)6(8)9/h6-7,13-14H,2-5,8-10H2,1H3. The fourth-order valence-corrected chi connectivity index (χ4v) is 1.12. The Labute approximate surface area is 84.1 Å². The van der Waals surface area contributed by atoms with E-state index in [0.29, 0.717) is 13.1 Å². The van der Waals surface area contributed by atoms with Crippen LogP contribution in [0.15, 0.2) is 0 Å². The Hall–Kier alpha value is -0.280. The molecule has 7 heteroatoms. The molecule has 86 valence electrons. The SMILES string of the molecule is CN(CCO)C(N)N(CCO)C(N)N. The van der Waals surface area contributed by atoms with Crippen LogP contribution in [0.5, 0.6) is 0 Å². The van der Waals surface area contributed by atoms with E-state index < -0.39 is 12.6 Å². The van der Waals surface area contributed by atoms with Crippen LogP contribution < -0.4 is 17.2 Å². The van der Waals surface area contributed by atoms with Gasteiger partial charge in [-0.15, -0.1) is 0 Å². The van der Waals surface area contributed by atoms with Crippen molar-refractivity contribution in [1.82, 2.24) is 9.80 Å². The topological polar surface area (TPSA) is 125 Å². The van der Waals surface area contributed by atoms with E-state index in [1.165, 1.54) is 4.90 Å². The lowest BCUT2D eigenvalue weighted by Crippen LogP contribution is -2.62. The molecule has 0 aromatic rings. The van der Waals surface area contributed by atoms with E-state index in [1.54, 1.807) is 11.9 Å². The van der Waals surface area contributed by atoms with Crippen molar-refractivity contribution in [3.05, 3.63) is 0 Å². The second-order valence-electron chi connectivity index (χ2n) is 3.07. The van der Waals surface area contributed by atoms with Gasteiger partial charge in [0.1, 0.15) is 12.6 Å². The second kappa shape index (κ2) is 7.07. The van der Waals surface area contributed by atoms with Crippen LogP contribution >= 0.6 is 0 Å². The van der Waals surface area contributed by atoms with Gasteiger partial charge < -0.3 is 27.4 Å². The first-order valence-electron chi connectivity index (χ1n) is 4.49. The molecule has 0 aromatic carbocycles. The van der Waals surface area contributed by atoms with Gasteiger partial charge in [-0.2, -0.15) is 0 Å². The quantitative estimate of drug-likeness (QED) is 0.276. The number of nitrogens with two attached hydrogens (primary N) is 3. The molecule has 0 bridgehead atoms. The number of nitrogens with zero attached hydrogens (tertiary/aromatic N) is 2. The molecule has 0 aliphatic heterocycles. The summed E-state index contributed by atoms with van der Waals surface area (Å²) >= 11 is 0. The highest BCUT2D eigenvalue weighted by Gasteiger charge is 2.20. The van der Waals surface area contributed by atoms with Gasteiger partial charge in [0.2, 0.25) is 0 Å². The average Bonchev–Trinajstić information content (AvgIpc) is 2.13. The Morgan fingerprint density at radius 3 is 1.93 bits per heavy atom. The molecule has 0 aliphatic carbocycles. The van der Waals surface area contributed by atoms with Crippen LogP contribution in [-0.4, -0.2) is 65.9 Å². The Morgan fingerprint density at radius 2 is 1.57 bits per heavy atom. The highest BCUT2D eigenvalue weighted by Crippen LogP contribution is 1.98. The van der Waals surface area contributed by atoms with Crippen molar-refractivity contribution in [2.75, 3.05) is 33.4 Å². The summed E-state index contributed by atoms with van der Waals surface area (Å²) < 4.78 is 0. The fourth-order valence-electron chi connectivity index (χ4n) is 1.12. The van der Waals surface area contributed by atoms with Crippen LogP contribution in [-0.2, 0) is 0 Å². The first-order valence-corrected chi connectivity index (χ1v) is 4.49. The summed E-state index contributed by atoms with van der Waals surface area (Å²) in [4.78, 5) is 3.23. The van der Waals surface area contributed by atoms with E-state index in [2.05, 4.69) is 0 Å². The predicted octanol–water partition coefficient (Wildman–Crippen LogP) is -3.35. The maximum Gasteiger partial charge on any atom is 0.116 e. The lowest BCUT2D eigenvalue weighted by atomic mass is 10.4. The van der Waals surface area contributed by atoms with E-state index in [4.69, 9.17) is 27.4 Å². The third-order valence-corrected chi connectivity index (χ3v) is 1.99. The first-order chi connectivity index (χ1) is 6.54. The lowest BCUT2D eigenvalue weighted by molar-refractivity contribution is 0.0139. The zero-order chi connectivity index (χ0) is 11.1. The van der Waals surface area contributed by atoms with Gasteiger partial charge in [0.15, 0.2) is 0 Å². The van der Waals surface area contributed by atoms with Crippen molar-refractivity contribution >= 4 is 0 Å².